The van der Waals surface area contributed by atoms with E-state index in [0.717, 1.165) is 50.3 Å². The standard InChI is InChI=1S/C17H26N8/c1-13-15(14(2)23(4)22-13)12-21-16(18-3)24-8-10-25(11-9-24)17-19-6-5-7-20-17/h5-7H,8-12H2,1-4H3,(H,18,21). The van der Waals surface area contributed by atoms with Crippen LogP contribution in [0.5, 0.6) is 0 Å². The van der Waals surface area contributed by atoms with E-state index < -0.39 is 0 Å². The molecule has 8 nitrogen and oxygen atoms in total. The zero-order valence-corrected chi connectivity index (χ0v) is 15.4. The van der Waals surface area contributed by atoms with Crippen LogP contribution in [0.1, 0.15) is 17.0 Å². The summed E-state index contributed by atoms with van der Waals surface area (Å²) in [6.07, 6.45) is 3.57. The first-order valence-corrected chi connectivity index (χ1v) is 8.56. The van der Waals surface area contributed by atoms with Gasteiger partial charge < -0.3 is 15.1 Å². The Morgan fingerprint density at radius 3 is 2.40 bits per heavy atom. The first-order valence-electron chi connectivity index (χ1n) is 8.56. The third-order valence-electron chi connectivity index (χ3n) is 4.71. The highest BCUT2D eigenvalue weighted by Gasteiger charge is 2.21. The Hall–Kier alpha value is -2.64. The highest BCUT2D eigenvalue weighted by molar-refractivity contribution is 5.80. The summed E-state index contributed by atoms with van der Waals surface area (Å²) in [6, 6.07) is 1.84. The van der Waals surface area contributed by atoms with Crippen LogP contribution in [0, 0.1) is 13.8 Å². The molecule has 1 fully saturated rings. The fourth-order valence-corrected chi connectivity index (χ4v) is 3.15. The summed E-state index contributed by atoms with van der Waals surface area (Å²) in [6.45, 7) is 8.43. The smallest absolute Gasteiger partial charge is 0.225 e. The molecule has 0 radical (unpaired) electrons. The van der Waals surface area contributed by atoms with Gasteiger partial charge >= 0.3 is 0 Å². The van der Waals surface area contributed by atoms with Crippen molar-refractivity contribution in [3.05, 3.63) is 35.4 Å². The Morgan fingerprint density at radius 1 is 1.16 bits per heavy atom. The van der Waals surface area contributed by atoms with Crippen molar-refractivity contribution in [3.8, 4) is 0 Å². The van der Waals surface area contributed by atoms with E-state index >= 15 is 0 Å². The number of aliphatic imine (C=N–C) groups is 1. The summed E-state index contributed by atoms with van der Waals surface area (Å²) in [5.74, 6) is 1.72. The molecule has 1 aliphatic rings. The molecule has 2 aromatic rings. The number of hydrogen-bond donors (Lipinski definition) is 1. The van der Waals surface area contributed by atoms with Crippen LogP contribution in [-0.4, -0.2) is 63.8 Å². The number of aryl methyl sites for hydroxylation is 2. The maximum atomic E-state index is 4.47. The molecular formula is C17H26N8. The van der Waals surface area contributed by atoms with E-state index in [2.05, 4.69) is 42.1 Å². The van der Waals surface area contributed by atoms with Crippen LogP contribution in [0.15, 0.2) is 23.5 Å². The van der Waals surface area contributed by atoms with Gasteiger partial charge in [0.1, 0.15) is 0 Å². The topological polar surface area (TPSA) is 74.5 Å². The molecular weight excluding hydrogens is 316 g/mol. The summed E-state index contributed by atoms with van der Waals surface area (Å²) in [4.78, 5) is 17.6. The van der Waals surface area contributed by atoms with Crippen molar-refractivity contribution >= 4 is 11.9 Å². The lowest BCUT2D eigenvalue weighted by Crippen LogP contribution is -2.52. The largest absolute Gasteiger partial charge is 0.352 e. The zero-order valence-electron chi connectivity index (χ0n) is 15.4. The highest BCUT2D eigenvalue weighted by Crippen LogP contribution is 2.13. The first kappa shape index (κ1) is 17.2. The third-order valence-corrected chi connectivity index (χ3v) is 4.71. The first-order chi connectivity index (χ1) is 12.1. The van der Waals surface area contributed by atoms with Gasteiger partial charge in [-0.25, -0.2) is 9.97 Å². The second kappa shape index (κ2) is 7.50. The monoisotopic (exact) mass is 342 g/mol. The number of hydrogen-bond acceptors (Lipinski definition) is 5. The number of nitrogens with one attached hydrogen (secondary N) is 1. The fourth-order valence-electron chi connectivity index (χ4n) is 3.15. The Balaban J connectivity index is 1.58. The van der Waals surface area contributed by atoms with Gasteiger partial charge in [-0.05, 0) is 19.9 Å². The van der Waals surface area contributed by atoms with Crippen molar-refractivity contribution < 1.29 is 0 Å². The predicted molar refractivity (Wildman–Crippen MR) is 98.7 cm³/mol. The van der Waals surface area contributed by atoms with Crippen molar-refractivity contribution in [3.63, 3.8) is 0 Å². The van der Waals surface area contributed by atoms with Crippen molar-refractivity contribution in [2.45, 2.75) is 20.4 Å². The Labute approximate surface area is 148 Å². The van der Waals surface area contributed by atoms with Crippen LogP contribution in [0.3, 0.4) is 0 Å². The molecule has 0 spiro atoms. The van der Waals surface area contributed by atoms with Gasteiger partial charge in [0, 0.05) is 70.5 Å². The second-order valence-electron chi connectivity index (χ2n) is 6.20. The normalized spacial score (nSPS) is 15.6. The molecule has 0 aliphatic carbocycles. The molecule has 25 heavy (non-hydrogen) atoms. The van der Waals surface area contributed by atoms with Crippen LogP contribution >= 0.6 is 0 Å². The molecule has 0 saturated carbocycles. The van der Waals surface area contributed by atoms with E-state index in [-0.39, 0.29) is 0 Å². The Kier molecular flexibility index (Phi) is 5.16. The summed E-state index contributed by atoms with van der Waals surface area (Å²) >= 11 is 0. The number of guanidine groups is 1. The average molecular weight is 342 g/mol. The van der Waals surface area contributed by atoms with E-state index in [9.17, 15) is 0 Å². The van der Waals surface area contributed by atoms with Crippen LogP contribution in [0.2, 0.25) is 0 Å². The van der Waals surface area contributed by atoms with Crippen LogP contribution in [0.25, 0.3) is 0 Å². The molecule has 0 bridgehead atoms. The maximum Gasteiger partial charge on any atom is 0.225 e. The van der Waals surface area contributed by atoms with E-state index in [1.54, 1.807) is 12.4 Å². The minimum atomic E-state index is 0.736. The molecule has 3 rings (SSSR count). The van der Waals surface area contributed by atoms with Crippen LogP contribution in [-0.2, 0) is 13.6 Å². The molecule has 0 atom stereocenters. The van der Waals surface area contributed by atoms with Gasteiger partial charge in [-0.1, -0.05) is 0 Å². The molecule has 0 amide bonds. The molecule has 0 unspecified atom stereocenters. The molecule has 8 heteroatoms. The van der Waals surface area contributed by atoms with E-state index in [4.69, 9.17) is 0 Å². The summed E-state index contributed by atoms with van der Waals surface area (Å²) in [7, 11) is 3.81. The van der Waals surface area contributed by atoms with Gasteiger partial charge in [0.05, 0.1) is 5.69 Å². The molecule has 1 saturated heterocycles. The van der Waals surface area contributed by atoms with E-state index in [1.807, 2.05) is 31.8 Å². The van der Waals surface area contributed by atoms with Crippen molar-refractivity contribution in [1.82, 2.24) is 30.0 Å². The van der Waals surface area contributed by atoms with Gasteiger partial charge in [-0.2, -0.15) is 5.10 Å². The molecule has 134 valence electrons. The molecule has 1 aliphatic heterocycles. The third kappa shape index (κ3) is 3.72. The second-order valence-corrected chi connectivity index (χ2v) is 6.20. The Morgan fingerprint density at radius 2 is 1.84 bits per heavy atom. The number of aromatic nitrogens is 4. The lowest BCUT2D eigenvalue weighted by Gasteiger charge is -2.36. The molecule has 1 N–H and O–H groups in total. The highest BCUT2D eigenvalue weighted by atomic mass is 15.4. The van der Waals surface area contributed by atoms with Gasteiger partial charge in [0.25, 0.3) is 0 Å². The van der Waals surface area contributed by atoms with Crippen molar-refractivity contribution in [2.24, 2.45) is 12.0 Å². The molecule has 0 aromatic carbocycles. The maximum absolute atomic E-state index is 4.47. The van der Waals surface area contributed by atoms with Crippen LogP contribution in [0.4, 0.5) is 5.95 Å². The minimum absolute atomic E-state index is 0.736. The zero-order chi connectivity index (χ0) is 17.8. The van der Waals surface area contributed by atoms with E-state index in [0.29, 0.717) is 0 Å². The molecule has 2 aromatic heterocycles. The summed E-state index contributed by atoms with van der Waals surface area (Å²) in [5, 5.41) is 7.95. The lowest BCUT2D eigenvalue weighted by molar-refractivity contribution is 0.370. The Bertz CT molecular complexity index is 729. The lowest BCUT2D eigenvalue weighted by atomic mass is 10.2. The minimum Gasteiger partial charge on any atom is -0.352 e. The quantitative estimate of drug-likeness (QED) is 0.655. The summed E-state index contributed by atoms with van der Waals surface area (Å²) in [5.41, 5.74) is 3.49. The average Bonchev–Trinajstić information content (AvgIpc) is 2.89. The molecule has 3 heterocycles. The number of nitrogens with zero attached hydrogens (tertiary/aromatic N) is 7. The van der Waals surface area contributed by atoms with Gasteiger partial charge in [0.15, 0.2) is 5.96 Å². The van der Waals surface area contributed by atoms with Gasteiger partial charge in [-0.3, -0.25) is 9.67 Å². The number of rotatable bonds is 3. The van der Waals surface area contributed by atoms with Gasteiger partial charge in [0.2, 0.25) is 5.95 Å². The number of piperazine rings is 1. The summed E-state index contributed by atoms with van der Waals surface area (Å²) < 4.78 is 1.92. The predicted octanol–water partition coefficient (Wildman–Crippen LogP) is 0.725. The fraction of sp³-hybridized carbons (Fsp3) is 0.529. The van der Waals surface area contributed by atoms with E-state index in [1.165, 1.54) is 11.3 Å². The van der Waals surface area contributed by atoms with Crippen molar-refractivity contribution in [2.75, 3.05) is 38.1 Å². The van der Waals surface area contributed by atoms with Crippen LogP contribution < -0.4 is 10.2 Å². The van der Waals surface area contributed by atoms with Gasteiger partial charge in [-0.15, -0.1) is 0 Å². The SMILES string of the molecule is CN=C(NCc1c(C)nn(C)c1C)N1CCN(c2ncccn2)CC1. The number of anilines is 1. The van der Waals surface area contributed by atoms with Crippen molar-refractivity contribution in [1.29, 1.82) is 0 Å².